The van der Waals surface area contributed by atoms with Crippen LogP contribution in [0.3, 0.4) is 0 Å². The minimum Gasteiger partial charge on any atom is -0.351 e. The number of nitrogens with one attached hydrogen (secondary N) is 2. The van der Waals surface area contributed by atoms with E-state index in [9.17, 15) is 4.79 Å². The van der Waals surface area contributed by atoms with Gasteiger partial charge in [-0.3, -0.25) is 9.78 Å². The van der Waals surface area contributed by atoms with Crippen molar-refractivity contribution in [2.75, 3.05) is 11.9 Å². The Morgan fingerprint density at radius 1 is 1.13 bits per heavy atom. The van der Waals surface area contributed by atoms with Gasteiger partial charge in [-0.25, -0.2) is 9.97 Å². The van der Waals surface area contributed by atoms with E-state index in [-0.39, 0.29) is 5.91 Å². The van der Waals surface area contributed by atoms with E-state index in [0.29, 0.717) is 18.1 Å². The smallest absolute Gasteiger partial charge is 0.270 e. The van der Waals surface area contributed by atoms with E-state index in [1.807, 2.05) is 37.3 Å². The van der Waals surface area contributed by atoms with Gasteiger partial charge < -0.3 is 10.6 Å². The normalized spacial score (nSPS) is 10.5. The van der Waals surface area contributed by atoms with Gasteiger partial charge in [0.2, 0.25) is 0 Å². The van der Waals surface area contributed by atoms with E-state index < -0.39 is 0 Å². The number of carbonyl (C=O) groups is 1. The average molecular weight is 307 g/mol. The molecule has 0 bridgehead atoms. The summed E-state index contributed by atoms with van der Waals surface area (Å²) < 4.78 is 0. The lowest BCUT2D eigenvalue weighted by atomic mass is 10.2. The van der Waals surface area contributed by atoms with Crippen molar-refractivity contribution >= 4 is 28.3 Å². The SMILES string of the molecule is CCCNC(=O)c1cc(Nc2cccc3cccnc23)ncn1. The van der Waals surface area contributed by atoms with Crippen molar-refractivity contribution in [3.05, 3.63) is 54.6 Å². The molecule has 2 aromatic heterocycles. The molecular formula is C17H17N5O. The molecule has 1 aromatic carbocycles. The van der Waals surface area contributed by atoms with Crippen LogP contribution in [0, 0.1) is 0 Å². The van der Waals surface area contributed by atoms with Gasteiger partial charge in [-0.15, -0.1) is 0 Å². The molecule has 1 amide bonds. The second-order valence-electron chi connectivity index (χ2n) is 5.05. The Labute approximate surface area is 134 Å². The molecule has 2 N–H and O–H groups in total. The lowest BCUT2D eigenvalue weighted by Gasteiger charge is -2.09. The number of para-hydroxylation sites is 1. The van der Waals surface area contributed by atoms with Crippen molar-refractivity contribution in [1.29, 1.82) is 0 Å². The molecular weight excluding hydrogens is 290 g/mol. The highest BCUT2D eigenvalue weighted by Crippen LogP contribution is 2.23. The lowest BCUT2D eigenvalue weighted by molar-refractivity contribution is 0.0948. The predicted molar refractivity (Wildman–Crippen MR) is 89.7 cm³/mol. The van der Waals surface area contributed by atoms with E-state index in [1.165, 1.54) is 6.33 Å². The molecule has 0 atom stereocenters. The Balaban J connectivity index is 1.86. The molecule has 3 rings (SSSR count). The molecule has 23 heavy (non-hydrogen) atoms. The third-order valence-corrected chi connectivity index (χ3v) is 3.33. The van der Waals surface area contributed by atoms with Crippen LogP contribution in [0.25, 0.3) is 10.9 Å². The summed E-state index contributed by atoms with van der Waals surface area (Å²) in [7, 11) is 0. The van der Waals surface area contributed by atoms with E-state index in [0.717, 1.165) is 23.0 Å². The topological polar surface area (TPSA) is 79.8 Å². The second-order valence-corrected chi connectivity index (χ2v) is 5.05. The van der Waals surface area contributed by atoms with Gasteiger partial charge in [0.1, 0.15) is 17.8 Å². The van der Waals surface area contributed by atoms with Crippen molar-refractivity contribution in [3.8, 4) is 0 Å². The van der Waals surface area contributed by atoms with Crippen molar-refractivity contribution in [2.45, 2.75) is 13.3 Å². The third kappa shape index (κ3) is 3.42. The van der Waals surface area contributed by atoms with Crippen LogP contribution < -0.4 is 10.6 Å². The maximum Gasteiger partial charge on any atom is 0.270 e. The maximum absolute atomic E-state index is 12.0. The highest BCUT2D eigenvalue weighted by molar-refractivity contribution is 5.94. The summed E-state index contributed by atoms with van der Waals surface area (Å²) in [5, 5.41) is 7.04. The largest absolute Gasteiger partial charge is 0.351 e. The van der Waals surface area contributed by atoms with Gasteiger partial charge in [-0.2, -0.15) is 0 Å². The summed E-state index contributed by atoms with van der Waals surface area (Å²) in [5.41, 5.74) is 2.02. The van der Waals surface area contributed by atoms with Gasteiger partial charge in [0, 0.05) is 24.2 Å². The number of benzene rings is 1. The molecule has 0 fully saturated rings. The molecule has 0 aliphatic heterocycles. The molecule has 0 saturated heterocycles. The van der Waals surface area contributed by atoms with Crippen molar-refractivity contribution in [3.63, 3.8) is 0 Å². The van der Waals surface area contributed by atoms with Crippen LogP contribution in [0.4, 0.5) is 11.5 Å². The summed E-state index contributed by atoms with van der Waals surface area (Å²) in [5.74, 6) is 0.355. The Morgan fingerprint density at radius 2 is 2.00 bits per heavy atom. The number of anilines is 2. The quantitative estimate of drug-likeness (QED) is 0.757. The van der Waals surface area contributed by atoms with Crippen molar-refractivity contribution < 1.29 is 4.79 Å². The number of rotatable bonds is 5. The molecule has 3 aromatic rings. The number of fused-ring (bicyclic) bond motifs is 1. The van der Waals surface area contributed by atoms with Gasteiger partial charge in [-0.05, 0) is 18.6 Å². The number of amides is 1. The predicted octanol–water partition coefficient (Wildman–Crippen LogP) is 2.91. The standard InChI is InChI=1S/C17H17N5O/c1-2-8-19-17(23)14-10-15(21-11-20-14)22-13-7-3-5-12-6-4-9-18-16(12)13/h3-7,9-11H,2,8H2,1H3,(H,19,23)(H,20,21,22). The summed E-state index contributed by atoms with van der Waals surface area (Å²) >= 11 is 0. The highest BCUT2D eigenvalue weighted by atomic mass is 16.1. The van der Waals surface area contributed by atoms with Crippen LogP contribution in [-0.4, -0.2) is 27.4 Å². The number of nitrogens with zero attached hydrogens (tertiary/aromatic N) is 3. The van der Waals surface area contributed by atoms with E-state index in [1.54, 1.807) is 12.3 Å². The second kappa shape index (κ2) is 6.83. The van der Waals surface area contributed by atoms with Gasteiger partial charge in [0.25, 0.3) is 5.91 Å². The van der Waals surface area contributed by atoms with Gasteiger partial charge >= 0.3 is 0 Å². The number of carbonyl (C=O) groups excluding carboxylic acids is 1. The maximum atomic E-state index is 12.0. The van der Waals surface area contributed by atoms with Crippen LogP contribution in [0.5, 0.6) is 0 Å². The highest BCUT2D eigenvalue weighted by Gasteiger charge is 2.09. The van der Waals surface area contributed by atoms with Crippen molar-refractivity contribution in [1.82, 2.24) is 20.3 Å². The lowest BCUT2D eigenvalue weighted by Crippen LogP contribution is -2.25. The summed E-state index contributed by atoms with van der Waals surface area (Å²) in [6.45, 7) is 2.62. The van der Waals surface area contributed by atoms with E-state index in [4.69, 9.17) is 0 Å². The molecule has 6 nitrogen and oxygen atoms in total. The molecule has 0 saturated carbocycles. The first kappa shape index (κ1) is 14.9. The third-order valence-electron chi connectivity index (χ3n) is 3.33. The van der Waals surface area contributed by atoms with Crippen LogP contribution >= 0.6 is 0 Å². The first-order valence-electron chi connectivity index (χ1n) is 7.49. The minimum absolute atomic E-state index is 0.201. The number of aromatic nitrogens is 3. The Kier molecular flexibility index (Phi) is 4.42. The Bertz CT molecular complexity index is 829. The fraction of sp³-hybridized carbons (Fsp3) is 0.176. The van der Waals surface area contributed by atoms with Gasteiger partial charge in [0.05, 0.1) is 11.2 Å². The number of hydrogen-bond acceptors (Lipinski definition) is 5. The first-order valence-corrected chi connectivity index (χ1v) is 7.49. The van der Waals surface area contributed by atoms with E-state index in [2.05, 4.69) is 25.6 Å². The molecule has 2 heterocycles. The van der Waals surface area contributed by atoms with Crippen molar-refractivity contribution in [2.24, 2.45) is 0 Å². The van der Waals surface area contributed by atoms with Gasteiger partial charge in [0.15, 0.2) is 0 Å². The van der Waals surface area contributed by atoms with E-state index >= 15 is 0 Å². The molecule has 0 spiro atoms. The van der Waals surface area contributed by atoms with Gasteiger partial charge in [-0.1, -0.05) is 25.1 Å². The van der Waals surface area contributed by atoms with Crippen LogP contribution in [0.15, 0.2) is 48.9 Å². The molecule has 0 unspecified atom stereocenters. The van der Waals surface area contributed by atoms with Crippen LogP contribution in [-0.2, 0) is 0 Å². The number of hydrogen-bond donors (Lipinski definition) is 2. The zero-order valence-electron chi connectivity index (χ0n) is 12.8. The van der Waals surface area contributed by atoms with Crippen LogP contribution in [0.1, 0.15) is 23.8 Å². The first-order chi connectivity index (χ1) is 11.3. The zero-order valence-corrected chi connectivity index (χ0v) is 12.8. The summed E-state index contributed by atoms with van der Waals surface area (Å²) in [6.07, 6.45) is 4.00. The zero-order chi connectivity index (χ0) is 16.1. The monoisotopic (exact) mass is 307 g/mol. The Morgan fingerprint density at radius 3 is 2.87 bits per heavy atom. The average Bonchev–Trinajstić information content (AvgIpc) is 2.60. The summed E-state index contributed by atoms with van der Waals surface area (Å²) in [4.78, 5) is 24.6. The molecule has 0 radical (unpaired) electrons. The fourth-order valence-electron chi connectivity index (χ4n) is 2.22. The fourth-order valence-corrected chi connectivity index (χ4v) is 2.22. The molecule has 6 heteroatoms. The molecule has 0 aliphatic carbocycles. The molecule has 116 valence electrons. The summed E-state index contributed by atoms with van der Waals surface area (Å²) in [6, 6.07) is 11.4. The molecule has 0 aliphatic rings. The van der Waals surface area contributed by atoms with Crippen LogP contribution in [0.2, 0.25) is 0 Å². The minimum atomic E-state index is -0.201. The Hall–Kier alpha value is -3.02. The number of pyridine rings is 1.